The van der Waals surface area contributed by atoms with E-state index in [1.807, 2.05) is 23.0 Å². The molecule has 0 saturated heterocycles. The predicted molar refractivity (Wildman–Crippen MR) is 79.4 cm³/mol. The Hall–Kier alpha value is -1.39. The number of nitrogens with zero attached hydrogens (tertiary/aromatic N) is 1. The van der Waals surface area contributed by atoms with Crippen LogP contribution in [0.3, 0.4) is 0 Å². The van der Waals surface area contributed by atoms with Gasteiger partial charge in [0.15, 0.2) is 0 Å². The number of thiazole rings is 1. The van der Waals surface area contributed by atoms with Crippen LogP contribution in [0.2, 0.25) is 0 Å². The van der Waals surface area contributed by atoms with Crippen molar-refractivity contribution in [3.05, 3.63) is 46.4 Å². The highest BCUT2D eigenvalue weighted by Crippen LogP contribution is 2.15. The summed E-state index contributed by atoms with van der Waals surface area (Å²) in [6.45, 7) is 6.86. The van der Waals surface area contributed by atoms with Gasteiger partial charge in [-0.25, -0.2) is 4.98 Å². The van der Waals surface area contributed by atoms with Gasteiger partial charge < -0.3 is 10.1 Å². The van der Waals surface area contributed by atoms with E-state index in [1.165, 1.54) is 5.56 Å². The highest BCUT2D eigenvalue weighted by molar-refractivity contribution is 7.07. The number of benzene rings is 1. The molecular weight excluding hydrogens is 256 g/mol. The second kappa shape index (κ2) is 7.26. The minimum atomic E-state index is 0.534. The van der Waals surface area contributed by atoms with Crippen LogP contribution in [-0.2, 0) is 13.2 Å². The topological polar surface area (TPSA) is 34.1 Å². The second-order valence-electron chi connectivity index (χ2n) is 4.94. The van der Waals surface area contributed by atoms with Gasteiger partial charge in [0.05, 0.1) is 11.2 Å². The molecule has 3 nitrogen and oxygen atoms in total. The molecule has 4 heteroatoms. The maximum Gasteiger partial charge on any atom is 0.131 e. The normalized spacial score (nSPS) is 10.9. The summed E-state index contributed by atoms with van der Waals surface area (Å²) in [4.78, 5) is 4.20. The van der Waals surface area contributed by atoms with Crippen LogP contribution in [0.25, 0.3) is 0 Å². The summed E-state index contributed by atoms with van der Waals surface area (Å²) in [5, 5.41) is 5.44. The van der Waals surface area contributed by atoms with Crippen LogP contribution in [0, 0.1) is 5.92 Å². The lowest BCUT2D eigenvalue weighted by Gasteiger charge is -2.09. The summed E-state index contributed by atoms with van der Waals surface area (Å²) in [7, 11) is 0. The van der Waals surface area contributed by atoms with E-state index in [9.17, 15) is 0 Å². The zero-order valence-corrected chi connectivity index (χ0v) is 12.2. The predicted octanol–water partition coefficient (Wildman–Crippen LogP) is 3.47. The highest BCUT2D eigenvalue weighted by atomic mass is 32.1. The molecule has 1 heterocycles. The zero-order chi connectivity index (χ0) is 13.5. The lowest BCUT2D eigenvalue weighted by Crippen LogP contribution is -2.18. The van der Waals surface area contributed by atoms with Gasteiger partial charge in [-0.05, 0) is 30.2 Å². The van der Waals surface area contributed by atoms with Crippen LogP contribution in [0.15, 0.2) is 35.2 Å². The monoisotopic (exact) mass is 276 g/mol. The first-order chi connectivity index (χ1) is 9.24. The van der Waals surface area contributed by atoms with Crippen LogP contribution in [0.5, 0.6) is 5.75 Å². The van der Waals surface area contributed by atoms with Crippen molar-refractivity contribution in [2.75, 3.05) is 6.54 Å². The minimum Gasteiger partial charge on any atom is -0.487 e. The molecule has 0 aliphatic carbocycles. The SMILES string of the molecule is CC(C)CNCc1cccc(OCc2cscn2)c1. The summed E-state index contributed by atoms with van der Waals surface area (Å²) in [5.74, 6) is 1.57. The van der Waals surface area contributed by atoms with Crippen molar-refractivity contribution < 1.29 is 4.74 Å². The molecule has 0 spiro atoms. The van der Waals surface area contributed by atoms with Crippen molar-refractivity contribution in [2.24, 2.45) is 5.92 Å². The summed E-state index contributed by atoms with van der Waals surface area (Å²) >= 11 is 1.59. The van der Waals surface area contributed by atoms with Crippen LogP contribution in [0.1, 0.15) is 25.1 Å². The van der Waals surface area contributed by atoms with Crippen LogP contribution in [0.4, 0.5) is 0 Å². The van der Waals surface area contributed by atoms with Gasteiger partial charge in [-0.2, -0.15) is 0 Å². The fraction of sp³-hybridized carbons (Fsp3) is 0.400. The van der Waals surface area contributed by atoms with Crippen molar-refractivity contribution in [1.29, 1.82) is 0 Å². The third-order valence-electron chi connectivity index (χ3n) is 2.65. The Morgan fingerprint density at radius 3 is 3.00 bits per heavy atom. The Kier molecular flexibility index (Phi) is 5.36. The first-order valence-electron chi connectivity index (χ1n) is 6.53. The summed E-state index contributed by atoms with van der Waals surface area (Å²) in [6, 6.07) is 8.21. The molecule has 0 atom stereocenters. The lowest BCUT2D eigenvalue weighted by atomic mass is 10.2. The zero-order valence-electron chi connectivity index (χ0n) is 11.4. The first kappa shape index (κ1) is 14.0. The van der Waals surface area contributed by atoms with Gasteiger partial charge in [0.1, 0.15) is 12.4 Å². The number of ether oxygens (including phenoxy) is 1. The van der Waals surface area contributed by atoms with Crippen molar-refractivity contribution >= 4 is 11.3 Å². The molecule has 102 valence electrons. The minimum absolute atomic E-state index is 0.534. The Balaban J connectivity index is 1.84. The lowest BCUT2D eigenvalue weighted by molar-refractivity contribution is 0.302. The number of rotatable bonds is 7. The summed E-state index contributed by atoms with van der Waals surface area (Å²) in [5.41, 5.74) is 4.05. The van der Waals surface area contributed by atoms with Crippen LogP contribution in [-0.4, -0.2) is 11.5 Å². The molecule has 2 aromatic rings. The number of hydrogen-bond donors (Lipinski definition) is 1. The number of hydrogen-bond acceptors (Lipinski definition) is 4. The van der Waals surface area contributed by atoms with E-state index in [2.05, 4.69) is 36.3 Å². The van der Waals surface area contributed by atoms with E-state index in [0.717, 1.165) is 24.5 Å². The van der Waals surface area contributed by atoms with Gasteiger partial charge in [0.25, 0.3) is 0 Å². The average Bonchev–Trinajstić information content (AvgIpc) is 2.89. The Morgan fingerprint density at radius 2 is 2.26 bits per heavy atom. The van der Waals surface area contributed by atoms with Gasteiger partial charge in [-0.15, -0.1) is 11.3 Å². The van der Waals surface area contributed by atoms with E-state index < -0.39 is 0 Å². The molecule has 0 saturated carbocycles. The van der Waals surface area contributed by atoms with E-state index in [1.54, 1.807) is 11.3 Å². The fourth-order valence-electron chi connectivity index (χ4n) is 1.72. The molecular formula is C15H20N2OS. The summed E-state index contributed by atoms with van der Waals surface area (Å²) in [6.07, 6.45) is 0. The Labute approximate surface area is 118 Å². The molecule has 0 bridgehead atoms. The maximum atomic E-state index is 5.73. The highest BCUT2D eigenvalue weighted by Gasteiger charge is 2.00. The molecule has 1 aromatic heterocycles. The van der Waals surface area contributed by atoms with Crippen molar-refractivity contribution in [3.8, 4) is 5.75 Å². The second-order valence-corrected chi connectivity index (χ2v) is 5.66. The first-order valence-corrected chi connectivity index (χ1v) is 7.48. The largest absolute Gasteiger partial charge is 0.487 e. The Morgan fingerprint density at radius 1 is 1.37 bits per heavy atom. The van der Waals surface area contributed by atoms with Gasteiger partial charge in [0, 0.05) is 11.9 Å². The fourth-order valence-corrected chi connectivity index (χ4v) is 2.26. The quantitative estimate of drug-likeness (QED) is 0.841. The molecule has 0 fully saturated rings. The van der Waals surface area contributed by atoms with Crippen LogP contribution >= 0.6 is 11.3 Å². The maximum absolute atomic E-state index is 5.73. The smallest absolute Gasteiger partial charge is 0.131 e. The van der Waals surface area contributed by atoms with Crippen molar-refractivity contribution in [2.45, 2.75) is 27.0 Å². The standard InChI is InChI=1S/C15H20N2OS/c1-12(2)7-16-8-13-4-3-5-15(6-13)18-9-14-10-19-11-17-14/h3-6,10-12,16H,7-9H2,1-2H3. The molecule has 0 radical (unpaired) electrons. The molecule has 19 heavy (non-hydrogen) atoms. The van der Waals surface area contributed by atoms with E-state index in [4.69, 9.17) is 4.74 Å². The summed E-state index contributed by atoms with van der Waals surface area (Å²) < 4.78 is 5.73. The van der Waals surface area contributed by atoms with Crippen LogP contribution < -0.4 is 10.1 Å². The molecule has 0 aliphatic heterocycles. The van der Waals surface area contributed by atoms with E-state index in [0.29, 0.717) is 12.5 Å². The van der Waals surface area contributed by atoms with E-state index in [-0.39, 0.29) is 0 Å². The van der Waals surface area contributed by atoms with Gasteiger partial charge in [-0.3, -0.25) is 0 Å². The molecule has 1 aromatic carbocycles. The third kappa shape index (κ3) is 5.01. The third-order valence-corrected chi connectivity index (χ3v) is 3.29. The van der Waals surface area contributed by atoms with Gasteiger partial charge in [0.2, 0.25) is 0 Å². The van der Waals surface area contributed by atoms with Gasteiger partial charge >= 0.3 is 0 Å². The van der Waals surface area contributed by atoms with E-state index >= 15 is 0 Å². The molecule has 0 aliphatic rings. The van der Waals surface area contributed by atoms with Crippen molar-refractivity contribution in [3.63, 3.8) is 0 Å². The van der Waals surface area contributed by atoms with Crippen molar-refractivity contribution in [1.82, 2.24) is 10.3 Å². The Bertz CT molecular complexity index is 483. The molecule has 0 amide bonds. The number of nitrogens with one attached hydrogen (secondary N) is 1. The number of aromatic nitrogens is 1. The van der Waals surface area contributed by atoms with Gasteiger partial charge in [-0.1, -0.05) is 26.0 Å². The average molecular weight is 276 g/mol. The molecule has 0 unspecified atom stereocenters. The molecule has 2 rings (SSSR count). The molecule has 1 N–H and O–H groups in total.